The first kappa shape index (κ1) is 20.4. The SMILES string of the molecule is CCS(=O)(=O)Nc1ccc(S(=O)(=O)N2C[C@H]3CNC[C@H]3C2)cc1F.Cl. The smallest absolute Gasteiger partial charge is 0.243 e. The number of nitrogens with zero attached hydrogens (tertiary/aromatic N) is 1. The Morgan fingerprint density at radius 1 is 1.20 bits per heavy atom. The molecule has 0 aromatic heterocycles. The lowest BCUT2D eigenvalue weighted by Gasteiger charge is -2.18. The van der Waals surface area contributed by atoms with Crippen molar-refractivity contribution in [2.75, 3.05) is 36.7 Å². The van der Waals surface area contributed by atoms with Gasteiger partial charge in [-0.15, -0.1) is 12.4 Å². The van der Waals surface area contributed by atoms with E-state index in [-0.39, 0.29) is 28.7 Å². The summed E-state index contributed by atoms with van der Waals surface area (Å²) >= 11 is 0. The first-order chi connectivity index (χ1) is 11.2. The van der Waals surface area contributed by atoms with E-state index >= 15 is 0 Å². The first-order valence-electron chi connectivity index (χ1n) is 7.74. The van der Waals surface area contributed by atoms with E-state index in [0.29, 0.717) is 24.9 Å². The summed E-state index contributed by atoms with van der Waals surface area (Å²) in [6.45, 7) is 3.86. The van der Waals surface area contributed by atoms with Crippen molar-refractivity contribution in [3.63, 3.8) is 0 Å². The Labute approximate surface area is 153 Å². The maximum Gasteiger partial charge on any atom is 0.243 e. The van der Waals surface area contributed by atoms with Gasteiger partial charge in [-0.25, -0.2) is 21.2 Å². The van der Waals surface area contributed by atoms with Gasteiger partial charge in [0.05, 0.1) is 16.3 Å². The molecular weight excluding hydrogens is 393 g/mol. The molecule has 7 nitrogen and oxygen atoms in total. The Morgan fingerprint density at radius 3 is 2.32 bits per heavy atom. The van der Waals surface area contributed by atoms with E-state index in [1.54, 1.807) is 0 Å². The molecule has 142 valence electrons. The van der Waals surface area contributed by atoms with Crippen LogP contribution in [0, 0.1) is 17.7 Å². The predicted molar refractivity (Wildman–Crippen MR) is 95.3 cm³/mol. The van der Waals surface area contributed by atoms with Gasteiger partial charge in [0, 0.05) is 13.1 Å². The summed E-state index contributed by atoms with van der Waals surface area (Å²) in [5, 5.41) is 3.23. The molecule has 2 heterocycles. The van der Waals surface area contributed by atoms with Gasteiger partial charge in [-0.1, -0.05) is 0 Å². The average Bonchev–Trinajstić information content (AvgIpc) is 3.10. The highest BCUT2D eigenvalue weighted by Gasteiger charge is 2.41. The summed E-state index contributed by atoms with van der Waals surface area (Å²) in [5.74, 6) is -0.522. The second-order valence-electron chi connectivity index (χ2n) is 6.15. The molecule has 0 radical (unpaired) electrons. The van der Waals surface area contributed by atoms with Crippen molar-refractivity contribution >= 4 is 38.1 Å². The standard InChI is InChI=1S/C14H20FN3O4S2.ClH/c1-2-23(19,20)17-14-4-3-12(5-13(14)15)24(21,22)18-8-10-6-16-7-11(10)9-18;/h3-5,10-11,16-17H,2,6-9H2,1H3;1H/t10-,11+;. The van der Waals surface area contributed by atoms with Gasteiger partial charge in [0.1, 0.15) is 5.82 Å². The molecule has 0 saturated carbocycles. The largest absolute Gasteiger partial charge is 0.316 e. The van der Waals surface area contributed by atoms with Crippen LogP contribution in [0.2, 0.25) is 0 Å². The highest BCUT2D eigenvalue weighted by molar-refractivity contribution is 7.92. The number of nitrogens with one attached hydrogen (secondary N) is 2. The zero-order chi connectivity index (χ0) is 17.5. The van der Waals surface area contributed by atoms with Crippen LogP contribution in [-0.2, 0) is 20.0 Å². The number of fused-ring (bicyclic) bond motifs is 1. The van der Waals surface area contributed by atoms with Crippen LogP contribution in [0.3, 0.4) is 0 Å². The molecule has 25 heavy (non-hydrogen) atoms. The third kappa shape index (κ3) is 4.08. The molecule has 2 saturated heterocycles. The van der Waals surface area contributed by atoms with Crippen molar-refractivity contribution in [1.29, 1.82) is 0 Å². The van der Waals surface area contributed by atoms with Crippen molar-refractivity contribution in [1.82, 2.24) is 9.62 Å². The van der Waals surface area contributed by atoms with Crippen molar-refractivity contribution in [3.05, 3.63) is 24.0 Å². The van der Waals surface area contributed by atoms with Gasteiger partial charge in [-0.3, -0.25) is 4.72 Å². The Bertz CT molecular complexity index is 836. The van der Waals surface area contributed by atoms with Crippen molar-refractivity contribution < 1.29 is 21.2 Å². The lowest BCUT2D eigenvalue weighted by Crippen LogP contribution is -2.32. The first-order valence-corrected chi connectivity index (χ1v) is 10.8. The second-order valence-corrected chi connectivity index (χ2v) is 10.1. The lowest BCUT2D eigenvalue weighted by molar-refractivity contribution is 0.447. The summed E-state index contributed by atoms with van der Waals surface area (Å²) in [7, 11) is -7.41. The molecule has 11 heteroatoms. The van der Waals surface area contributed by atoms with Crippen molar-refractivity contribution in [2.45, 2.75) is 11.8 Å². The number of anilines is 1. The van der Waals surface area contributed by atoms with E-state index in [0.717, 1.165) is 25.2 Å². The second kappa shape index (κ2) is 7.36. The van der Waals surface area contributed by atoms with Crippen LogP contribution in [0.25, 0.3) is 0 Å². The highest BCUT2D eigenvalue weighted by Crippen LogP contribution is 2.31. The number of sulfonamides is 2. The Kier molecular flexibility index (Phi) is 5.99. The van der Waals surface area contributed by atoms with Gasteiger partial charge in [0.25, 0.3) is 0 Å². The van der Waals surface area contributed by atoms with Gasteiger partial charge in [0.15, 0.2) is 0 Å². The fourth-order valence-electron chi connectivity index (χ4n) is 3.14. The minimum Gasteiger partial charge on any atom is -0.316 e. The molecule has 2 N–H and O–H groups in total. The number of halogens is 2. The molecule has 2 atom stereocenters. The molecule has 1 aromatic carbocycles. The summed E-state index contributed by atoms with van der Waals surface area (Å²) in [5.41, 5.74) is -0.252. The molecule has 1 aromatic rings. The molecule has 0 bridgehead atoms. The molecule has 2 aliphatic heterocycles. The summed E-state index contributed by atoms with van der Waals surface area (Å²) in [6.07, 6.45) is 0. The quantitative estimate of drug-likeness (QED) is 0.746. The van der Waals surface area contributed by atoms with Crippen LogP contribution >= 0.6 is 12.4 Å². The lowest BCUT2D eigenvalue weighted by atomic mass is 10.0. The van der Waals surface area contributed by atoms with Crippen molar-refractivity contribution in [3.8, 4) is 0 Å². The number of rotatable bonds is 5. The van der Waals surface area contributed by atoms with Gasteiger partial charge in [-0.05, 0) is 50.0 Å². The molecular formula is C14H21ClFN3O4S2. The molecule has 0 amide bonds. The third-order valence-corrected chi connectivity index (χ3v) is 7.70. The summed E-state index contributed by atoms with van der Waals surface area (Å²) in [6, 6.07) is 3.25. The molecule has 0 unspecified atom stereocenters. The van der Waals surface area contributed by atoms with Crippen LogP contribution in [0.5, 0.6) is 0 Å². The predicted octanol–water partition coefficient (Wildman–Crippen LogP) is 0.849. The fraction of sp³-hybridized carbons (Fsp3) is 0.571. The van der Waals surface area contributed by atoms with E-state index in [4.69, 9.17) is 0 Å². The maximum absolute atomic E-state index is 14.1. The van der Waals surface area contributed by atoms with E-state index in [1.165, 1.54) is 17.3 Å². The van der Waals surface area contributed by atoms with Gasteiger partial charge in [-0.2, -0.15) is 4.31 Å². The molecule has 2 fully saturated rings. The number of hydrogen-bond acceptors (Lipinski definition) is 5. The van der Waals surface area contributed by atoms with Crippen LogP contribution in [-0.4, -0.2) is 53.1 Å². The monoisotopic (exact) mass is 413 g/mol. The molecule has 0 aliphatic carbocycles. The Morgan fingerprint density at radius 2 is 1.80 bits per heavy atom. The molecule has 0 spiro atoms. The van der Waals surface area contributed by atoms with Crippen molar-refractivity contribution in [2.24, 2.45) is 11.8 Å². The summed E-state index contributed by atoms with van der Waals surface area (Å²) in [4.78, 5) is -0.160. The van der Waals surface area contributed by atoms with E-state index < -0.39 is 25.9 Å². The number of benzene rings is 1. The van der Waals surface area contributed by atoms with E-state index in [2.05, 4.69) is 10.0 Å². The zero-order valence-electron chi connectivity index (χ0n) is 13.6. The van der Waals surface area contributed by atoms with E-state index in [9.17, 15) is 21.2 Å². The third-order valence-electron chi connectivity index (χ3n) is 4.58. The molecule has 2 aliphatic rings. The minimum atomic E-state index is -3.78. The Hall–Kier alpha value is -0.940. The van der Waals surface area contributed by atoms with Gasteiger partial charge < -0.3 is 5.32 Å². The average molecular weight is 414 g/mol. The normalized spacial score (nSPS) is 23.9. The zero-order valence-corrected chi connectivity index (χ0v) is 16.1. The van der Waals surface area contributed by atoms with Crippen LogP contribution < -0.4 is 10.0 Å². The summed E-state index contributed by atoms with van der Waals surface area (Å²) < 4.78 is 66.0. The van der Waals surface area contributed by atoms with Crippen LogP contribution in [0.4, 0.5) is 10.1 Å². The highest BCUT2D eigenvalue weighted by atomic mass is 35.5. The maximum atomic E-state index is 14.1. The van der Waals surface area contributed by atoms with Gasteiger partial charge >= 0.3 is 0 Å². The topological polar surface area (TPSA) is 95.6 Å². The minimum absolute atomic E-state index is 0. The van der Waals surface area contributed by atoms with Gasteiger partial charge in [0.2, 0.25) is 20.0 Å². The van der Waals surface area contributed by atoms with Crippen LogP contribution in [0.1, 0.15) is 6.92 Å². The van der Waals surface area contributed by atoms with E-state index in [1.807, 2.05) is 0 Å². The van der Waals surface area contributed by atoms with Crippen LogP contribution in [0.15, 0.2) is 23.1 Å². The fourth-order valence-corrected chi connectivity index (χ4v) is 5.35. The number of hydrogen-bond donors (Lipinski definition) is 2. The Balaban J connectivity index is 0.00000225. The molecule has 3 rings (SSSR count).